The lowest BCUT2D eigenvalue weighted by Gasteiger charge is -2.39. The largest absolute Gasteiger partial charge is 0.467 e. The number of hydrogen-bond acceptors (Lipinski definition) is 6. The fourth-order valence-corrected chi connectivity index (χ4v) is 5.73. The van der Waals surface area contributed by atoms with Crippen molar-refractivity contribution in [2.24, 2.45) is 5.92 Å². The van der Waals surface area contributed by atoms with Crippen LogP contribution in [0.4, 0.5) is 4.79 Å². The van der Waals surface area contributed by atoms with Crippen molar-refractivity contribution in [3.63, 3.8) is 0 Å². The zero-order valence-electron chi connectivity index (χ0n) is 18.8. The van der Waals surface area contributed by atoms with Crippen molar-refractivity contribution >= 4 is 35.5 Å². The molecule has 1 atom stereocenters. The highest BCUT2D eigenvalue weighted by atomic mass is 79.9. The van der Waals surface area contributed by atoms with Gasteiger partial charge in [-0.15, -0.1) is 0 Å². The molecule has 2 rings (SSSR count). The molecule has 1 heterocycles. The first kappa shape index (κ1) is 25.8. The molecule has 8 nitrogen and oxygen atoms in total. The Morgan fingerprint density at radius 2 is 1.87 bits per heavy atom. The van der Waals surface area contributed by atoms with E-state index in [0.29, 0.717) is 13.0 Å². The van der Waals surface area contributed by atoms with E-state index in [9.17, 15) is 14.2 Å². The molecule has 2 amide bonds. The van der Waals surface area contributed by atoms with E-state index in [0.717, 1.165) is 15.6 Å². The normalized spacial score (nSPS) is 16.2. The zero-order valence-corrected chi connectivity index (χ0v) is 21.3. The summed E-state index contributed by atoms with van der Waals surface area (Å²) in [6.45, 7) is 8.40. The molecular formula is C21H32BrN2O6P. The van der Waals surface area contributed by atoms with E-state index in [1.165, 1.54) is 16.9 Å². The van der Waals surface area contributed by atoms with Gasteiger partial charge in [-0.05, 0) is 43.0 Å². The Morgan fingerprint density at radius 1 is 1.23 bits per heavy atom. The van der Waals surface area contributed by atoms with Crippen LogP contribution in [0, 0.1) is 5.92 Å². The second-order valence-corrected chi connectivity index (χ2v) is 10.7. The molecule has 0 unspecified atom stereocenters. The number of fused-ring (bicyclic) bond motifs is 1. The molecule has 174 valence electrons. The minimum atomic E-state index is -3.50. The minimum Gasteiger partial charge on any atom is -0.467 e. The van der Waals surface area contributed by atoms with Crippen LogP contribution in [-0.4, -0.2) is 61.0 Å². The van der Waals surface area contributed by atoms with E-state index >= 15 is 0 Å². The predicted octanol–water partition coefficient (Wildman–Crippen LogP) is 4.65. The molecule has 0 radical (unpaired) electrons. The summed E-state index contributed by atoms with van der Waals surface area (Å²) in [5.74, 6) is -0.369. The molecule has 0 N–H and O–H groups in total. The smallest absolute Gasteiger partial charge is 0.349 e. The van der Waals surface area contributed by atoms with Gasteiger partial charge in [0.1, 0.15) is 12.3 Å². The Kier molecular flexibility index (Phi) is 9.55. The van der Waals surface area contributed by atoms with Crippen LogP contribution in [-0.2, 0) is 36.1 Å². The van der Waals surface area contributed by atoms with Gasteiger partial charge in [0.05, 0.1) is 20.3 Å². The van der Waals surface area contributed by atoms with Gasteiger partial charge in [-0.3, -0.25) is 4.57 Å². The molecule has 1 aromatic carbocycles. The number of halogens is 1. The maximum absolute atomic E-state index is 13.6. The Labute approximate surface area is 192 Å². The van der Waals surface area contributed by atoms with Crippen LogP contribution in [0.15, 0.2) is 22.7 Å². The average molecular weight is 519 g/mol. The van der Waals surface area contributed by atoms with Crippen molar-refractivity contribution in [1.82, 2.24) is 9.80 Å². The van der Waals surface area contributed by atoms with Gasteiger partial charge in [0.2, 0.25) is 0 Å². The lowest BCUT2D eigenvalue weighted by atomic mass is 9.94. The fraction of sp³-hybridized carbons (Fsp3) is 0.619. The summed E-state index contributed by atoms with van der Waals surface area (Å²) >= 11 is 3.46. The molecule has 0 saturated carbocycles. The van der Waals surface area contributed by atoms with Gasteiger partial charge in [0.25, 0.3) is 0 Å². The van der Waals surface area contributed by atoms with Gasteiger partial charge in [-0.2, -0.15) is 0 Å². The van der Waals surface area contributed by atoms with Crippen molar-refractivity contribution in [3.05, 3.63) is 33.8 Å². The number of ether oxygens (including phenoxy) is 1. The topological polar surface area (TPSA) is 85.4 Å². The van der Waals surface area contributed by atoms with E-state index in [2.05, 4.69) is 15.9 Å². The minimum absolute atomic E-state index is 0.116. The zero-order chi connectivity index (χ0) is 23.2. The first-order valence-corrected chi connectivity index (χ1v) is 12.9. The second kappa shape index (κ2) is 11.5. The lowest BCUT2D eigenvalue weighted by Crippen LogP contribution is -2.54. The molecule has 0 saturated heterocycles. The summed E-state index contributed by atoms with van der Waals surface area (Å²) in [5.41, 5.74) is 1.94. The third kappa shape index (κ3) is 6.78. The van der Waals surface area contributed by atoms with E-state index in [-0.39, 0.29) is 32.0 Å². The molecule has 0 spiro atoms. The monoisotopic (exact) mass is 518 g/mol. The van der Waals surface area contributed by atoms with Gasteiger partial charge >= 0.3 is 19.6 Å². The number of benzene rings is 1. The van der Waals surface area contributed by atoms with Crippen LogP contribution in [0.25, 0.3) is 0 Å². The molecule has 0 fully saturated rings. The predicted molar refractivity (Wildman–Crippen MR) is 122 cm³/mol. The third-order valence-electron chi connectivity index (χ3n) is 4.87. The molecule has 31 heavy (non-hydrogen) atoms. The van der Waals surface area contributed by atoms with Gasteiger partial charge < -0.3 is 23.6 Å². The first-order valence-electron chi connectivity index (χ1n) is 10.4. The van der Waals surface area contributed by atoms with Crippen molar-refractivity contribution in [2.45, 2.75) is 46.7 Å². The van der Waals surface area contributed by atoms with Crippen LogP contribution in [0.2, 0.25) is 0 Å². The summed E-state index contributed by atoms with van der Waals surface area (Å²) < 4.78 is 29.9. The number of carbonyl (C=O) groups is 2. The molecule has 0 bridgehead atoms. The standard InChI is InChI=1S/C21H32BrN2O6P/c1-6-29-31(27,30-7-2)14-23(12-15(3)4)21(26)24-13-16-8-9-18(22)10-17(16)11-19(24)20(25)28-5/h8-10,15,19H,6-7,11-14H2,1-5H3/t19-/m0/s1. The molecule has 0 aliphatic carbocycles. The number of esters is 1. The Hall–Kier alpha value is -1.41. The lowest BCUT2D eigenvalue weighted by molar-refractivity contribution is -0.146. The summed E-state index contributed by atoms with van der Waals surface area (Å²) in [6.07, 6.45) is 0.167. The van der Waals surface area contributed by atoms with E-state index in [4.69, 9.17) is 13.8 Å². The third-order valence-corrected chi connectivity index (χ3v) is 7.35. The fourth-order valence-electron chi connectivity index (χ4n) is 3.64. The van der Waals surface area contributed by atoms with Crippen LogP contribution in [0.3, 0.4) is 0 Å². The maximum atomic E-state index is 13.6. The van der Waals surface area contributed by atoms with Crippen LogP contribution in [0.1, 0.15) is 38.8 Å². The highest BCUT2D eigenvalue weighted by Gasteiger charge is 2.40. The van der Waals surface area contributed by atoms with Crippen molar-refractivity contribution in [1.29, 1.82) is 0 Å². The molecule has 1 aliphatic heterocycles. The summed E-state index contributed by atoms with van der Waals surface area (Å²) in [6, 6.07) is 4.64. The van der Waals surface area contributed by atoms with Gasteiger partial charge in [-0.1, -0.05) is 35.8 Å². The number of urea groups is 1. The number of nitrogens with zero attached hydrogens (tertiary/aromatic N) is 2. The van der Waals surface area contributed by atoms with Gasteiger partial charge in [0, 0.05) is 24.0 Å². The van der Waals surface area contributed by atoms with Gasteiger partial charge in [0.15, 0.2) is 0 Å². The van der Waals surface area contributed by atoms with Crippen LogP contribution < -0.4 is 0 Å². The number of methoxy groups -OCH3 is 1. The molecule has 10 heteroatoms. The average Bonchev–Trinajstić information content (AvgIpc) is 2.71. The number of rotatable bonds is 9. The van der Waals surface area contributed by atoms with Crippen molar-refractivity contribution in [2.75, 3.05) is 33.2 Å². The molecule has 1 aliphatic rings. The number of carbonyl (C=O) groups excluding carboxylic acids is 2. The van der Waals surface area contributed by atoms with Crippen LogP contribution in [0.5, 0.6) is 0 Å². The summed E-state index contributed by atoms with van der Waals surface area (Å²) in [5, 5.41) is 0. The second-order valence-electron chi connectivity index (χ2n) is 7.77. The number of hydrogen-bond donors (Lipinski definition) is 0. The van der Waals surface area contributed by atoms with Crippen molar-refractivity contribution < 1.29 is 27.9 Å². The Balaban J connectivity index is 2.38. The van der Waals surface area contributed by atoms with Crippen molar-refractivity contribution in [3.8, 4) is 0 Å². The summed E-state index contributed by atoms with van der Waals surface area (Å²) in [7, 11) is -2.19. The Morgan fingerprint density at radius 3 is 2.42 bits per heavy atom. The quantitative estimate of drug-likeness (QED) is 0.349. The summed E-state index contributed by atoms with van der Waals surface area (Å²) in [4.78, 5) is 29.2. The number of amides is 2. The van der Waals surface area contributed by atoms with E-state index < -0.39 is 25.6 Å². The van der Waals surface area contributed by atoms with E-state index in [1.54, 1.807) is 13.8 Å². The van der Waals surface area contributed by atoms with E-state index in [1.807, 2.05) is 32.0 Å². The Bertz CT molecular complexity index is 824. The SMILES string of the molecule is CCOP(=O)(CN(CC(C)C)C(=O)N1Cc2ccc(Br)cc2C[C@H]1C(=O)OC)OCC. The highest BCUT2D eigenvalue weighted by molar-refractivity contribution is 9.10. The molecular weight excluding hydrogens is 487 g/mol. The molecule has 1 aromatic rings. The molecule has 0 aromatic heterocycles. The van der Waals surface area contributed by atoms with Gasteiger partial charge in [-0.25, -0.2) is 9.59 Å². The first-order chi connectivity index (χ1) is 14.6. The highest BCUT2D eigenvalue weighted by Crippen LogP contribution is 2.48. The van der Waals surface area contributed by atoms with Crippen LogP contribution >= 0.6 is 23.5 Å². The maximum Gasteiger partial charge on any atom is 0.349 e.